The predicted octanol–water partition coefficient (Wildman–Crippen LogP) is 3.96. The molecule has 27 heavy (non-hydrogen) atoms. The molecule has 8 heteroatoms. The summed E-state index contributed by atoms with van der Waals surface area (Å²) < 4.78 is 0. The lowest BCUT2D eigenvalue weighted by molar-refractivity contribution is 0.249. The standard InChI is InChI=1S/C19H26ClN5S.HI/c1-21-19(22-9-8-15-6-7-18(20)23-13-15)24-14-16(17-5-4-12-26-17)25-10-2-3-11-25;/h4-7,12-13,16H,2-3,8-11,14H2,1H3,(H2,21,22,24);1H. The maximum Gasteiger partial charge on any atom is 0.191 e. The molecule has 2 aromatic rings. The van der Waals surface area contributed by atoms with Crippen LogP contribution in [-0.4, -0.2) is 49.1 Å². The largest absolute Gasteiger partial charge is 0.356 e. The van der Waals surface area contributed by atoms with Gasteiger partial charge in [-0.05, 0) is 55.4 Å². The number of nitrogens with one attached hydrogen (secondary N) is 2. The number of halogens is 2. The molecule has 1 aliphatic heterocycles. The smallest absolute Gasteiger partial charge is 0.191 e. The van der Waals surface area contributed by atoms with Crippen molar-refractivity contribution >= 4 is 52.9 Å². The molecule has 2 aromatic heterocycles. The van der Waals surface area contributed by atoms with Gasteiger partial charge in [-0.2, -0.15) is 0 Å². The van der Waals surface area contributed by atoms with Crippen molar-refractivity contribution in [2.45, 2.75) is 25.3 Å². The Bertz CT molecular complexity index is 687. The maximum absolute atomic E-state index is 5.83. The third kappa shape index (κ3) is 6.89. The van der Waals surface area contributed by atoms with Crippen LogP contribution in [0.1, 0.15) is 29.3 Å². The lowest BCUT2D eigenvalue weighted by atomic mass is 10.2. The molecule has 2 N–H and O–H groups in total. The van der Waals surface area contributed by atoms with E-state index in [9.17, 15) is 0 Å². The number of hydrogen-bond donors (Lipinski definition) is 2. The number of rotatable bonds is 7. The van der Waals surface area contributed by atoms with Crippen LogP contribution in [0.25, 0.3) is 0 Å². The molecule has 0 aromatic carbocycles. The Labute approximate surface area is 187 Å². The topological polar surface area (TPSA) is 52.6 Å². The van der Waals surface area contributed by atoms with Crippen LogP contribution in [0.15, 0.2) is 40.8 Å². The normalized spacial score (nSPS) is 16.0. The van der Waals surface area contributed by atoms with Crippen molar-refractivity contribution < 1.29 is 0 Å². The molecule has 1 unspecified atom stereocenters. The fraction of sp³-hybridized carbons (Fsp3) is 0.474. The quantitative estimate of drug-likeness (QED) is 0.252. The van der Waals surface area contributed by atoms with Crippen LogP contribution >= 0.6 is 46.9 Å². The fourth-order valence-electron chi connectivity index (χ4n) is 3.24. The first-order valence-electron chi connectivity index (χ1n) is 9.08. The zero-order chi connectivity index (χ0) is 18.2. The summed E-state index contributed by atoms with van der Waals surface area (Å²) in [6.07, 6.45) is 5.29. The molecule has 0 spiro atoms. The van der Waals surface area contributed by atoms with E-state index in [-0.39, 0.29) is 24.0 Å². The van der Waals surface area contributed by atoms with Gasteiger partial charge in [-0.15, -0.1) is 35.3 Å². The van der Waals surface area contributed by atoms with E-state index in [0.29, 0.717) is 11.2 Å². The lowest BCUT2D eigenvalue weighted by Crippen LogP contribution is -2.43. The first-order valence-corrected chi connectivity index (χ1v) is 10.3. The number of guanidine groups is 1. The average Bonchev–Trinajstić information content (AvgIpc) is 3.36. The maximum atomic E-state index is 5.83. The van der Waals surface area contributed by atoms with Gasteiger partial charge in [-0.1, -0.05) is 23.7 Å². The van der Waals surface area contributed by atoms with E-state index in [1.54, 1.807) is 0 Å². The van der Waals surface area contributed by atoms with Gasteiger partial charge in [-0.3, -0.25) is 9.89 Å². The van der Waals surface area contributed by atoms with Crippen molar-refractivity contribution in [2.24, 2.45) is 4.99 Å². The number of thiophene rings is 1. The molecule has 0 saturated carbocycles. The zero-order valence-corrected chi connectivity index (χ0v) is 19.4. The summed E-state index contributed by atoms with van der Waals surface area (Å²) in [5.74, 6) is 0.840. The van der Waals surface area contributed by atoms with Crippen LogP contribution in [0, 0.1) is 0 Å². The Balaban J connectivity index is 0.00000261. The molecule has 3 heterocycles. The zero-order valence-electron chi connectivity index (χ0n) is 15.5. The molecule has 0 radical (unpaired) electrons. The molecule has 1 fully saturated rings. The van der Waals surface area contributed by atoms with Crippen molar-refractivity contribution in [2.75, 3.05) is 33.2 Å². The molecule has 1 saturated heterocycles. The third-order valence-corrected chi connectivity index (χ3v) is 5.83. The molecule has 1 atom stereocenters. The first kappa shape index (κ1) is 22.4. The summed E-state index contributed by atoms with van der Waals surface area (Å²) in [7, 11) is 1.81. The summed E-state index contributed by atoms with van der Waals surface area (Å²) in [4.78, 5) is 12.5. The third-order valence-electron chi connectivity index (χ3n) is 4.63. The Kier molecular flexibility index (Phi) is 9.81. The Morgan fingerprint density at radius 3 is 2.74 bits per heavy atom. The summed E-state index contributed by atoms with van der Waals surface area (Å²) in [6.45, 7) is 4.03. The van der Waals surface area contributed by atoms with Crippen LogP contribution in [0.5, 0.6) is 0 Å². The van der Waals surface area contributed by atoms with Crippen LogP contribution in [-0.2, 0) is 6.42 Å². The number of aromatic nitrogens is 1. The van der Waals surface area contributed by atoms with Gasteiger partial charge in [0.05, 0.1) is 6.04 Å². The second-order valence-electron chi connectivity index (χ2n) is 6.39. The number of likely N-dealkylation sites (tertiary alicyclic amines) is 1. The van der Waals surface area contributed by atoms with Crippen LogP contribution < -0.4 is 10.6 Å². The molecular formula is C19H27ClIN5S. The Hall–Kier alpha value is -0.900. The molecule has 0 amide bonds. The monoisotopic (exact) mass is 519 g/mol. The Morgan fingerprint density at radius 2 is 2.11 bits per heavy atom. The molecule has 1 aliphatic rings. The minimum atomic E-state index is 0. The van der Waals surface area contributed by atoms with E-state index in [4.69, 9.17) is 11.6 Å². The van der Waals surface area contributed by atoms with Gasteiger partial charge < -0.3 is 10.6 Å². The van der Waals surface area contributed by atoms with Gasteiger partial charge in [0.25, 0.3) is 0 Å². The number of aliphatic imine (C=N–C) groups is 1. The van der Waals surface area contributed by atoms with E-state index in [0.717, 1.165) is 31.0 Å². The van der Waals surface area contributed by atoms with E-state index < -0.39 is 0 Å². The van der Waals surface area contributed by atoms with E-state index in [2.05, 4.69) is 43.0 Å². The minimum absolute atomic E-state index is 0. The van der Waals surface area contributed by atoms with Crippen molar-refractivity contribution in [1.29, 1.82) is 0 Å². The number of nitrogens with zero attached hydrogens (tertiary/aromatic N) is 3. The molecular weight excluding hydrogens is 493 g/mol. The van der Waals surface area contributed by atoms with Crippen molar-refractivity contribution in [3.8, 4) is 0 Å². The molecule has 0 bridgehead atoms. The summed E-state index contributed by atoms with van der Waals surface area (Å²) in [5, 5.41) is 9.57. The molecule has 0 aliphatic carbocycles. The molecule has 148 valence electrons. The second kappa shape index (κ2) is 11.8. The summed E-state index contributed by atoms with van der Waals surface area (Å²) in [6, 6.07) is 8.62. The van der Waals surface area contributed by atoms with Gasteiger partial charge in [-0.25, -0.2) is 4.98 Å². The van der Waals surface area contributed by atoms with Crippen LogP contribution in [0.2, 0.25) is 5.15 Å². The highest BCUT2D eigenvalue weighted by molar-refractivity contribution is 14.0. The van der Waals surface area contributed by atoms with Crippen LogP contribution in [0.4, 0.5) is 0 Å². The average molecular weight is 520 g/mol. The van der Waals surface area contributed by atoms with Gasteiger partial charge in [0.1, 0.15) is 5.15 Å². The first-order chi connectivity index (χ1) is 12.8. The number of hydrogen-bond acceptors (Lipinski definition) is 4. The van der Waals surface area contributed by atoms with Gasteiger partial charge >= 0.3 is 0 Å². The summed E-state index contributed by atoms with van der Waals surface area (Å²) in [5.41, 5.74) is 1.16. The highest BCUT2D eigenvalue weighted by Crippen LogP contribution is 2.27. The highest BCUT2D eigenvalue weighted by Gasteiger charge is 2.24. The van der Waals surface area contributed by atoms with Crippen molar-refractivity contribution in [3.63, 3.8) is 0 Å². The second-order valence-corrected chi connectivity index (χ2v) is 7.76. The Morgan fingerprint density at radius 1 is 1.30 bits per heavy atom. The van der Waals surface area contributed by atoms with E-state index in [1.165, 1.54) is 30.8 Å². The predicted molar refractivity (Wildman–Crippen MR) is 126 cm³/mol. The van der Waals surface area contributed by atoms with E-state index in [1.807, 2.05) is 36.7 Å². The van der Waals surface area contributed by atoms with Crippen molar-refractivity contribution in [3.05, 3.63) is 51.4 Å². The van der Waals surface area contributed by atoms with Gasteiger partial charge in [0.2, 0.25) is 0 Å². The van der Waals surface area contributed by atoms with Gasteiger partial charge in [0, 0.05) is 31.2 Å². The molecule has 3 rings (SSSR count). The lowest BCUT2D eigenvalue weighted by Gasteiger charge is -2.27. The van der Waals surface area contributed by atoms with Crippen molar-refractivity contribution in [1.82, 2.24) is 20.5 Å². The van der Waals surface area contributed by atoms with Crippen LogP contribution in [0.3, 0.4) is 0 Å². The van der Waals surface area contributed by atoms with Gasteiger partial charge in [0.15, 0.2) is 5.96 Å². The SMILES string of the molecule is CN=C(NCCc1ccc(Cl)nc1)NCC(c1cccs1)N1CCCC1.I. The molecule has 5 nitrogen and oxygen atoms in total. The highest BCUT2D eigenvalue weighted by atomic mass is 127. The fourth-order valence-corrected chi connectivity index (χ4v) is 4.21. The summed E-state index contributed by atoms with van der Waals surface area (Å²) >= 11 is 7.66. The van der Waals surface area contributed by atoms with E-state index >= 15 is 0 Å². The minimum Gasteiger partial charge on any atom is -0.356 e. The number of pyridine rings is 1.